The molecular weight excluding hydrogens is 261 g/mol. The van der Waals surface area contributed by atoms with Crippen molar-refractivity contribution in [2.45, 2.75) is 32.7 Å². The first-order valence-corrected chi connectivity index (χ1v) is 6.98. The van der Waals surface area contributed by atoms with E-state index in [1.807, 2.05) is 13.8 Å². The van der Waals surface area contributed by atoms with Crippen molar-refractivity contribution >= 4 is 5.91 Å². The van der Waals surface area contributed by atoms with E-state index >= 15 is 0 Å². The predicted molar refractivity (Wildman–Crippen MR) is 73.5 cm³/mol. The monoisotopic (exact) mass is 281 g/mol. The molecule has 2 heterocycles. The maximum absolute atomic E-state index is 12.7. The average molecular weight is 281 g/mol. The minimum Gasteiger partial charge on any atom is -0.337 e. The molecule has 0 spiro atoms. The molecule has 1 aromatic rings. The molecule has 20 heavy (non-hydrogen) atoms. The summed E-state index contributed by atoms with van der Waals surface area (Å²) in [6.45, 7) is 4.32. The summed E-state index contributed by atoms with van der Waals surface area (Å²) in [4.78, 5) is 25.6. The molecule has 1 fully saturated rings. The smallest absolute Gasteiger partial charge is 0.274 e. The number of piperidine rings is 1. The van der Waals surface area contributed by atoms with Crippen LogP contribution in [0, 0.1) is 5.92 Å². The Bertz CT molecular complexity index is 541. The molecule has 1 unspecified atom stereocenters. The van der Waals surface area contributed by atoms with Crippen molar-refractivity contribution in [2.75, 3.05) is 19.8 Å². The number of likely N-dealkylation sites (tertiary alicyclic amines) is 1. The number of rotatable bonds is 3. The predicted octanol–water partition coefficient (Wildman–Crippen LogP) is 1.65. The molecular formula is C14H20FN3O2. The molecule has 0 radical (unpaired) electrons. The fraction of sp³-hybridized carbons (Fsp3) is 0.643. The van der Waals surface area contributed by atoms with E-state index in [4.69, 9.17) is 0 Å². The Morgan fingerprint density at radius 1 is 1.50 bits per heavy atom. The highest BCUT2D eigenvalue weighted by molar-refractivity contribution is 5.92. The lowest BCUT2D eigenvalue weighted by Gasteiger charge is -2.31. The molecule has 1 saturated heterocycles. The van der Waals surface area contributed by atoms with Crippen LogP contribution < -0.4 is 5.56 Å². The van der Waals surface area contributed by atoms with Crippen LogP contribution in [0.3, 0.4) is 0 Å². The van der Waals surface area contributed by atoms with Crippen LogP contribution in [0.5, 0.6) is 0 Å². The zero-order valence-corrected chi connectivity index (χ0v) is 11.9. The van der Waals surface area contributed by atoms with Crippen LogP contribution in [0.25, 0.3) is 0 Å². The second-order valence-corrected chi connectivity index (χ2v) is 5.51. The van der Waals surface area contributed by atoms with Gasteiger partial charge in [-0.3, -0.25) is 14.0 Å². The molecule has 0 bridgehead atoms. The Kier molecular flexibility index (Phi) is 4.52. The molecule has 1 amide bonds. The van der Waals surface area contributed by atoms with Crippen LogP contribution in [0.4, 0.5) is 4.39 Å². The zero-order chi connectivity index (χ0) is 14.7. The third kappa shape index (κ3) is 3.05. The zero-order valence-electron chi connectivity index (χ0n) is 11.9. The van der Waals surface area contributed by atoms with Gasteiger partial charge in [-0.25, -0.2) is 4.68 Å². The Hall–Kier alpha value is -1.72. The lowest BCUT2D eigenvalue weighted by molar-refractivity contribution is 0.0647. The molecule has 0 N–H and O–H groups in total. The van der Waals surface area contributed by atoms with E-state index in [9.17, 15) is 14.0 Å². The Morgan fingerprint density at radius 3 is 2.90 bits per heavy atom. The summed E-state index contributed by atoms with van der Waals surface area (Å²) in [6.07, 6.45) is 1.63. The molecule has 110 valence electrons. The minimum atomic E-state index is -0.400. The van der Waals surface area contributed by atoms with E-state index in [-0.39, 0.29) is 29.1 Å². The van der Waals surface area contributed by atoms with Crippen LogP contribution >= 0.6 is 0 Å². The van der Waals surface area contributed by atoms with Crippen molar-refractivity contribution < 1.29 is 9.18 Å². The molecule has 2 rings (SSSR count). The molecule has 5 nitrogen and oxygen atoms in total. The van der Waals surface area contributed by atoms with Gasteiger partial charge < -0.3 is 4.90 Å². The van der Waals surface area contributed by atoms with Gasteiger partial charge in [0.2, 0.25) is 0 Å². The maximum Gasteiger partial charge on any atom is 0.274 e. The third-order valence-electron chi connectivity index (χ3n) is 3.56. The summed E-state index contributed by atoms with van der Waals surface area (Å²) in [7, 11) is 0. The van der Waals surface area contributed by atoms with Crippen LogP contribution in [-0.4, -0.2) is 40.4 Å². The summed E-state index contributed by atoms with van der Waals surface area (Å²) in [6, 6.07) is 2.70. The number of halogens is 1. The van der Waals surface area contributed by atoms with Crippen LogP contribution in [0.2, 0.25) is 0 Å². The molecule has 1 aliphatic rings. The number of aromatic nitrogens is 2. The summed E-state index contributed by atoms with van der Waals surface area (Å²) in [5, 5.41) is 4.12. The van der Waals surface area contributed by atoms with Gasteiger partial charge in [0.1, 0.15) is 5.69 Å². The molecule has 1 aromatic heterocycles. The van der Waals surface area contributed by atoms with Crippen molar-refractivity contribution in [2.24, 2.45) is 5.92 Å². The van der Waals surface area contributed by atoms with Gasteiger partial charge in [0, 0.05) is 25.1 Å². The molecule has 1 aliphatic heterocycles. The summed E-state index contributed by atoms with van der Waals surface area (Å²) in [5.74, 6) is -0.304. The fourth-order valence-electron chi connectivity index (χ4n) is 2.45. The highest BCUT2D eigenvalue weighted by Crippen LogP contribution is 2.18. The van der Waals surface area contributed by atoms with E-state index in [2.05, 4.69) is 5.10 Å². The molecule has 6 heteroatoms. The van der Waals surface area contributed by atoms with Crippen molar-refractivity contribution in [1.82, 2.24) is 14.7 Å². The average Bonchev–Trinajstić information content (AvgIpc) is 2.46. The van der Waals surface area contributed by atoms with Gasteiger partial charge in [0.15, 0.2) is 0 Å². The molecule has 0 saturated carbocycles. The Morgan fingerprint density at radius 2 is 2.25 bits per heavy atom. The largest absolute Gasteiger partial charge is 0.337 e. The number of carbonyl (C=O) groups excluding carboxylic acids is 1. The number of hydrogen-bond donors (Lipinski definition) is 0. The standard InChI is InChI=1S/C14H20FN3O2/c1-10(2)18-13(19)6-5-12(16-18)14(20)17-7-3-4-11(8-15)9-17/h5-6,10-11H,3-4,7-9H2,1-2H3. The van der Waals surface area contributed by atoms with Gasteiger partial charge in [-0.2, -0.15) is 5.10 Å². The van der Waals surface area contributed by atoms with Crippen LogP contribution in [-0.2, 0) is 0 Å². The first kappa shape index (κ1) is 14.7. The summed E-state index contributed by atoms with van der Waals surface area (Å²) >= 11 is 0. The van der Waals surface area contributed by atoms with Gasteiger partial charge >= 0.3 is 0 Å². The highest BCUT2D eigenvalue weighted by Gasteiger charge is 2.25. The van der Waals surface area contributed by atoms with Crippen LogP contribution in [0.15, 0.2) is 16.9 Å². The van der Waals surface area contributed by atoms with E-state index < -0.39 is 6.67 Å². The lowest BCUT2D eigenvalue weighted by Crippen LogP contribution is -2.41. The SMILES string of the molecule is CC(C)n1nc(C(=O)N2CCCC(CF)C2)ccc1=O. The number of carbonyl (C=O) groups is 1. The normalized spacial score (nSPS) is 19.4. The maximum atomic E-state index is 12.7. The first-order valence-electron chi connectivity index (χ1n) is 6.98. The van der Waals surface area contributed by atoms with E-state index in [1.165, 1.54) is 16.8 Å². The van der Waals surface area contributed by atoms with Crippen molar-refractivity contribution in [1.29, 1.82) is 0 Å². The Balaban J connectivity index is 2.20. The van der Waals surface area contributed by atoms with Gasteiger partial charge in [-0.1, -0.05) is 0 Å². The number of amides is 1. The van der Waals surface area contributed by atoms with Gasteiger partial charge in [0.25, 0.3) is 11.5 Å². The highest BCUT2D eigenvalue weighted by atomic mass is 19.1. The van der Waals surface area contributed by atoms with Crippen molar-refractivity contribution in [3.8, 4) is 0 Å². The first-order chi connectivity index (χ1) is 9.52. The second kappa shape index (κ2) is 6.15. The van der Waals surface area contributed by atoms with Gasteiger partial charge in [-0.15, -0.1) is 0 Å². The molecule has 0 aromatic carbocycles. The van der Waals surface area contributed by atoms with Gasteiger partial charge in [-0.05, 0) is 32.8 Å². The second-order valence-electron chi connectivity index (χ2n) is 5.51. The number of hydrogen-bond acceptors (Lipinski definition) is 3. The summed E-state index contributed by atoms with van der Waals surface area (Å²) < 4.78 is 14.0. The van der Waals surface area contributed by atoms with Crippen LogP contribution in [0.1, 0.15) is 43.2 Å². The Labute approximate surface area is 117 Å². The van der Waals surface area contributed by atoms with E-state index in [0.717, 1.165) is 12.8 Å². The molecule has 0 aliphatic carbocycles. The van der Waals surface area contributed by atoms with Gasteiger partial charge in [0.05, 0.1) is 12.7 Å². The van der Waals surface area contributed by atoms with Crippen molar-refractivity contribution in [3.05, 3.63) is 28.2 Å². The quantitative estimate of drug-likeness (QED) is 0.846. The van der Waals surface area contributed by atoms with E-state index in [1.54, 1.807) is 4.90 Å². The molecule has 1 atom stereocenters. The van der Waals surface area contributed by atoms with E-state index in [0.29, 0.717) is 13.1 Å². The minimum absolute atomic E-state index is 0.0799. The number of alkyl halides is 1. The number of nitrogens with zero attached hydrogens (tertiary/aromatic N) is 3. The summed E-state index contributed by atoms with van der Waals surface area (Å²) in [5.41, 5.74) is 0.0228. The lowest BCUT2D eigenvalue weighted by atomic mass is 9.99. The fourth-order valence-corrected chi connectivity index (χ4v) is 2.45. The third-order valence-corrected chi connectivity index (χ3v) is 3.56. The van der Waals surface area contributed by atoms with Crippen molar-refractivity contribution in [3.63, 3.8) is 0 Å². The topological polar surface area (TPSA) is 55.2 Å².